The molecule has 0 fully saturated rings. The van der Waals surface area contributed by atoms with Gasteiger partial charge in [-0.3, -0.25) is 0 Å². The summed E-state index contributed by atoms with van der Waals surface area (Å²) in [5, 5.41) is 0. The topological polar surface area (TPSA) is 61.8 Å². The van der Waals surface area contributed by atoms with Crippen molar-refractivity contribution in [1.29, 1.82) is 0 Å². The zero-order valence-corrected chi connectivity index (χ0v) is 10.8. The van der Waals surface area contributed by atoms with Gasteiger partial charge in [0.05, 0.1) is 19.8 Å². The van der Waals surface area contributed by atoms with Crippen molar-refractivity contribution in [1.82, 2.24) is 0 Å². The Morgan fingerprint density at radius 1 is 1.05 bits per heavy atom. The van der Waals surface area contributed by atoms with E-state index >= 15 is 0 Å². The van der Waals surface area contributed by atoms with Gasteiger partial charge in [-0.25, -0.2) is 9.59 Å². The third-order valence-electron chi connectivity index (χ3n) is 2.32. The Labute approximate surface area is 112 Å². The van der Waals surface area contributed by atoms with Crippen LogP contribution in [0.4, 0.5) is 13.2 Å². The van der Waals surface area contributed by atoms with Crippen LogP contribution >= 0.6 is 0 Å². The van der Waals surface area contributed by atoms with E-state index in [2.05, 4.69) is 14.2 Å². The Morgan fingerprint density at radius 2 is 1.60 bits per heavy atom. The SMILES string of the molecule is COC(=O)c1cc(C)c(OC(F)(F)F)c(C(=O)OC)c1. The highest BCUT2D eigenvalue weighted by Gasteiger charge is 2.34. The second-order valence-electron chi connectivity index (χ2n) is 3.70. The summed E-state index contributed by atoms with van der Waals surface area (Å²) in [5.74, 6) is -2.56. The molecule has 0 heterocycles. The molecule has 0 aliphatic carbocycles. The van der Waals surface area contributed by atoms with Crippen LogP contribution in [-0.4, -0.2) is 32.5 Å². The molecule has 1 aromatic carbocycles. The van der Waals surface area contributed by atoms with Crippen LogP contribution in [0, 0.1) is 6.92 Å². The van der Waals surface area contributed by atoms with E-state index in [0.29, 0.717) is 0 Å². The smallest absolute Gasteiger partial charge is 0.465 e. The van der Waals surface area contributed by atoms with Gasteiger partial charge in [0.25, 0.3) is 0 Å². The summed E-state index contributed by atoms with van der Waals surface area (Å²) in [7, 11) is 2.11. The van der Waals surface area contributed by atoms with Crippen LogP contribution in [0.2, 0.25) is 0 Å². The summed E-state index contributed by atoms with van der Waals surface area (Å²) in [5.41, 5.74) is -0.643. The monoisotopic (exact) mass is 292 g/mol. The average Bonchev–Trinajstić information content (AvgIpc) is 2.37. The number of rotatable bonds is 3. The Bertz CT molecular complexity index is 537. The molecule has 0 aliphatic heterocycles. The molecule has 5 nitrogen and oxygen atoms in total. The van der Waals surface area contributed by atoms with Gasteiger partial charge >= 0.3 is 18.3 Å². The first kappa shape index (κ1) is 15.8. The highest BCUT2D eigenvalue weighted by Crippen LogP contribution is 2.31. The summed E-state index contributed by atoms with van der Waals surface area (Å²) in [6.45, 7) is 1.26. The predicted molar refractivity (Wildman–Crippen MR) is 60.5 cm³/mol. The third kappa shape index (κ3) is 3.62. The van der Waals surface area contributed by atoms with Crippen molar-refractivity contribution in [3.63, 3.8) is 0 Å². The molecule has 0 unspecified atom stereocenters. The molecule has 8 heteroatoms. The zero-order chi connectivity index (χ0) is 15.5. The van der Waals surface area contributed by atoms with Gasteiger partial charge in [-0.05, 0) is 24.6 Å². The molecule has 0 aliphatic rings. The number of alkyl halides is 3. The molecule has 1 aromatic rings. The fraction of sp³-hybridized carbons (Fsp3) is 0.333. The van der Waals surface area contributed by atoms with E-state index in [9.17, 15) is 22.8 Å². The fourth-order valence-electron chi connectivity index (χ4n) is 1.52. The summed E-state index contributed by atoms with van der Waals surface area (Å²) in [6.07, 6.45) is -4.97. The van der Waals surface area contributed by atoms with Crippen LogP contribution in [0.1, 0.15) is 26.3 Å². The molecule has 110 valence electrons. The van der Waals surface area contributed by atoms with E-state index < -0.39 is 29.6 Å². The number of ether oxygens (including phenoxy) is 3. The van der Waals surface area contributed by atoms with Gasteiger partial charge in [0.1, 0.15) is 11.3 Å². The summed E-state index contributed by atoms with van der Waals surface area (Å²) >= 11 is 0. The second kappa shape index (κ2) is 5.81. The van der Waals surface area contributed by atoms with Gasteiger partial charge in [-0.15, -0.1) is 13.2 Å². The van der Waals surface area contributed by atoms with Crippen LogP contribution < -0.4 is 4.74 Å². The van der Waals surface area contributed by atoms with E-state index in [-0.39, 0.29) is 11.1 Å². The average molecular weight is 292 g/mol. The van der Waals surface area contributed by atoms with Gasteiger partial charge in [-0.1, -0.05) is 0 Å². The molecule has 0 radical (unpaired) electrons. The van der Waals surface area contributed by atoms with E-state index in [1.54, 1.807) is 0 Å². The van der Waals surface area contributed by atoms with Crippen molar-refractivity contribution >= 4 is 11.9 Å². The molecule has 1 rings (SSSR count). The van der Waals surface area contributed by atoms with Gasteiger partial charge in [0.2, 0.25) is 0 Å². The number of esters is 2. The standard InChI is InChI=1S/C12H11F3O5/c1-6-4-7(10(16)18-2)5-8(11(17)19-3)9(6)20-12(13,14)15/h4-5H,1-3H3. The van der Waals surface area contributed by atoms with Crippen molar-refractivity contribution in [3.8, 4) is 5.75 Å². The first-order chi connectivity index (χ1) is 9.19. The summed E-state index contributed by atoms with van der Waals surface area (Å²) in [4.78, 5) is 22.9. The fourth-order valence-corrected chi connectivity index (χ4v) is 1.52. The molecule has 0 saturated carbocycles. The van der Waals surface area contributed by atoms with Gasteiger partial charge < -0.3 is 14.2 Å². The summed E-state index contributed by atoms with van der Waals surface area (Å²) in [6, 6.07) is 2.05. The maximum Gasteiger partial charge on any atom is 0.573 e. The lowest BCUT2D eigenvalue weighted by molar-refractivity contribution is -0.275. The van der Waals surface area contributed by atoms with Crippen molar-refractivity contribution in [2.24, 2.45) is 0 Å². The normalized spacial score (nSPS) is 10.9. The second-order valence-corrected chi connectivity index (χ2v) is 3.70. The maximum absolute atomic E-state index is 12.3. The number of carbonyl (C=O) groups excluding carboxylic acids is 2. The van der Waals surface area contributed by atoms with E-state index in [1.165, 1.54) is 6.92 Å². The van der Waals surface area contributed by atoms with Gasteiger partial charge in [0, 0.05) is 0 Å². The first-order valence-electron chi connectivity index (χ1n) is 5.26. The third-order valence-corrected chi connectivity index (χ3v) is 2.32. The minimum absolute atomic E-state index is 0.0503. The molecule has 0 aromatic heterocycles. The molecule has 0 N–H and O–H groups in total. The van der Waals surface area contributed by atoms with Crippen LogP contribution in [0.5, 0.6) is 5.75 Å². The Hall–Kier alpha value is -2.25. The minimum Gasteiger partial charge on any atom is -0.465 e. The highest BCUT2D eigenvalue weighted by molar-refractivity contribution is 5.98. The molecular formula is C12H11F3O5. The molecule has 0 amide bonds. The van der Waals surface area contributed by atoms with Crippen LogP contribution in [0.15, 0.2) is 12.1 Å². The lowest BCUT2D eigenvalue weighted by atomic mass is 10.0. The Kier molecular flexibility index (Phi) is 4.59. The zero-order valence-electron chi connectivity index (χ0n) is 10.8. The number of carbonyl (C=O) groups is 2. The number of benzene rings is 1. The van der Waals surface area contributed by atoms with Gasteiger partial charge in [0.15, 0.2) is 0 Å². The number of aryl methyl sites for hydroxylation is 1. The van der Waals surface area contributed by atoms with Crippen molar-refractivity contribution < 1.29 is 37.0 Å². The lowest BCUT2D eigenvalue weighted by Gasteiger charge is -2.15. The minimum atomic E-state index is -4.97. The van der Waals surface area contributed by atoms with Crippen molar-refractivity contribution in [2.45, 2.75) is 13.3 Å². The van der Waals surface area contributed by atoms with E-state index in [0.717, 1.165) is 26.4 Å². The highest BCUT2D eigenvalue weighted by atomic mass is 19.4. The van der Waals surface area contributed by atoms with Crippen LogP contribution in [-0.2, 0) is 9.47 Å². The number of methoxy groups -OCH3 is 2. The van der Waals surface area contributed by atoms with Crippen molar-refractivity contribution in [2.75, 3.05) is 14.2 Å². The van der Waals surface area contributed by atoms with E-state index in [4.69, 9.17) is 0 Å². The quantitative estimate of drug-likeness (QED) is 0.801. The molecule has 20 heavy (non-hydrogen) atoms. The maximum atomic E-state index is 12.3. The van der Waals surface area contributed by atoms with Crippen molar-refractivity contribution in [3.05, 3.63) is 28.8 Å². The van der Waals surface area contributed by atoms with Crippen LogP contribution in [0.25, 0.3) is 0 Å². The summed E-state index contributed by atoms with van der Waals surface area (Å²) < 4.78 is 49.6. The van der Waals surface area contributed by atoms with Gasteiger partial charge in [-0.2, -0.15) is 0 Å². The predicted octanol–water partition coefficient (Wildman–Crippen LogP) is 2.47. The number of halogens is 3. The van der Waals surface area contributed by atoms with Crippen LogP contribution in [0.3, 0.4) is 0 Å². The number of hydrogen-bond donors (Lipinski definition) is 0. The Balaban J connectivity index is 3.42. The Morgan fingerprint density at radius 3 is 2.05 bits per heavy atom. The molecule has 0 spiro atoms. The molecule has 0 saturated heterocycles. The number of hydrogen-bond acceptors (Lipinski definition) is 5. The molecular weight excluding hydrogens is 281 g/mol. The molecule has 0 bridgehead atoms. The molecule has 0 atom stereocenters. The lowest BCUT2D eigenvalue weighted by Crippen LogP contribution is -2.20. The largest absolute Gasteiger partial charge is 0.573 e. The first-order valence-corrected chi connectivity index (χ1v) is 5.26. The van der Waals surface area contributed by atoms with E-state index in [1.807, 2.05) is 0 Å².